The SMILES string of the molecule is COCCCNC(=O)CC(=O)N/N=C/c1ccc(C(=O)OC)cc1. The molecular formula is C16H21N3O5. The fourth-order valence-electron chi connectivity index (χ4n) is 1.69. The maximum Gasteiger partial charge on any atom is 0.337 e. The molecule has 24 heavy (non-hydrogen) atoms. The molecule has 0 atom stereocenters. The summed E-state index contributed by atoms with van der Waals surface area (Å²) in [5.74, 6) is -1.31. The lowest BCUT2D eigenvalue weighted by molar-refractivity contribution is -0.129. The molecule has 8 nitrogen and oxygen atoms in total. The number of esters is 1. The number of hydrazone groups is 1. The van der Waals surface area contributed by atoms with Gasteiger partial charge in [0.2, 0.25) is 11.8 Å². The van der Waals surface area contributed by atoms with Crippen molar-refractivity contribution in [1.29, 1.82) is 0 Å². The van der Waals surface area contributed by atoms with E-state index in [1.165, 1.54) is 13.3 Å². The fourth-order valence-corrected chi connectivity index (χ4v) is 1.69. The van der Waals surface area contributed by atoms with Gasteiger partial charge in [-0.15, -0.1) is 0 Å². The third kappa shape index (κ3) is 7.50. The number of nitrogens with zero attached hydrogens (tertiary/aromatic N) is 1. The van der Waals surface area contributed by atoms with Gasteiger partial charge in [-0.1, -0.05) is 12.1 Å². The highest BCUT2D eigenvalue weighted by molar-refractivity contribution is 5.97. The number of methoxy groups -OCH3 is 2. The van der Waals surface area contributed by atoms with Crippen LogP contribution in [0.15, 0.2) is 29.4 Å². The zero-order valence-electron chi connectivity index (χ0n) is 13.7. The van der Waals surface area contributed by atoms with E-state index in [0.717, 1.165) is 0 Å². The molecule has 0 fully saturated rings. The average Bonchev–Trinajstić information content (AvgIpc) is 2.58. The number of benzene rings is 1. The number of rotatable bonds is 9. The number of nitrogens with one attached hydrogen (secondary N) is 2. The summed E-state index contributed by atoms with van der Waals surface area (Å²) in [6.45, 7) is 1.00. The second-order valence-corrected chi connectivity index (χ2v) is 4.78. The van der Waals surface area contributed by atoms with Gasteiger partial charge in [-0.05, 0) is 24.1 Å². The van der Waals surface area contributed by atoms with Crippen LogP contribution in [0, 0.1) is 0 Å². The molecule has 0 unspecified atom stereocenters. The van der Waals surface area contributed by atoms with Gasteiger partial charge in [0.15, 0.2) is 0 Å². The van der Waals surface area contributed by atoms with E-state index >= 15 is 0 Å². The van der Waals surface area contributed by atoms with E-state index in [9.17, 15) is 14.4 Å². The molecule has 0 spiro atoms. The first-order valence-electron chi connectivity index (χ1n) is 7.32. The molecule has 0 bridgehead atoms. The Morgan fingerprint density at radius 2 is 1.83 bits per heavy atom. The molecule has 8 heteroatoms. The van der Waals surface area contributed by atoms with E-state index in [1.54, 1.807) is 31.4 Å². The van der Waals surface area contributed by atoms with Crippen LogP contribution >= 0.6 is 0 Å². The summed E-state index contributed by atoms with van der Waals surface area (Å²) < 4.78 is 9.44. The highest BCUT2D eigenvalue weighted by Gasteiger charge is 2.07. The Bertz CT molecular complexity index is 584. The van der Waals surface area contributed by atoms with Crippen molar-refractivity contribution in [3.8, 4) is 0 Å². The van der Waals surface area contributed by atoms with Gasteiger partial charge in [-0.25, -0.2) is 10.2 Å². The Balaban J connectivity index is 2.34. The van der Waals surface area contributed by atoms with Crippen molar-refractivity contribution in [2.75, 3.05) is 27.4 Å². The standard InChI is InChI=1S/C16H21N3O5/c1-23-9-3-8-17-14(20)10-15(21)19-18-11-12-4-6-13(7-5-12)16(22)24-2/h4-7,11H,3,8-10H2,1-2H3,(H,17,20)(H,19,21)/b18-11+. The van der Waals surface area contributed by atoms with Gasteiger partial charge in [-0.3, -0.25) is 9.59 Å². The molecule has 0 saturated carbocycles. The molecule has 1 aromatic rings. The Morgan fingerprint density at radius 1 is 1.12 bits per heavy atom. The lowest BCUT2D eigenvalue weighted by Crippen LogP contribution is -2.30. The second kappa shape index (κ2) is 10.9. The quantitative estimate of drug-likeness (QED) is 0.224. The Hall–Kier alpha value is -2.74. The van der Waals surface area contributed by atoms with Crippen molar-refractivity contribution in [1.82, 2.24) is 10.7 Å². The van der Waals surface area contributed by atoms with Crippen LogP contribution in [0.5, 0.6) is 0 Å². The topological polar surface area (TPSA) is 106 Å². The molecule has 0 aliphatic carbocycles. The molecule has 0 aliphatic heterocycles. The molecule has 2 amide bonds. The molecule has 0 saturated heterocycles. The fraction of sp³-hybridized carbons (Fsp3) is 0.375. The van der Waals surface area contributed by atoms with E-state index in [2.05, 4.69) is 20.6 Å². The Kier molecular flexibility index (Phi) is 8.77. The van der Waals surface area contributed by atoms with E-state index < -0.39 is 11.9 Å². The highest BCUT2D eigenvalue weighted by Crippen LogP contribution is 2.03. The van der Waals surface area contributed by atoms with Gasteiger partial charge in [-0.2, -0.15) is 5.10 Å². The molecule has 2 N–H and O–H groups in total. The summed E-state index contributed by atoms with van der Waals surface area (Å²) in [5.41, 5.74) is 3.37. The lowest BCUT2D eigenvalue weighted by atomic mass is 10.1. The minimum Gasteiger partial charge on any atom is -0.465 e. The largest absolute Gasteiger partial charge is 0.465 e. The first-order valence-corrected chi connectivity index (χ1v) is 7.32. The zero-order chi connectivity index (χ0) is 17.8. The van der Waals surface area contributed by atoms with Crippen molar-refractivity contribution in [3.63, 3.8) is 0 Å². The smallest absolute Gasteiger partial charge is 0.337 e. The monoisotopic (exact) mass is 335 g/mol. The van der Waals surface area contributed by atoms with Crippen LogP contribution < -0.4 is 10.7 Å². The molecule has 1 aromatic carbocycles. The van der Waals surface area contributed by atoms with Crippen LogP contribution in [0.25, 0.3) is 0 Å². The summed E-state index contributed by atoms with van der Waals surface area (Å²) in [5, 5.41) is 6.36. The van der Waals surface area contributed by atoms with Crippen LogP contribution in [-0.2, 0) is 19.1 Å². The maximum atomic E-state index is 11.5. The van der Waals surface area contributed by atoms with Gasteiger partial charge >= 0.3 is 5.97 Å². The number of carbonyl (C=O) groups is 3. The second-order valence-electron chi connectivity index (χ2n) is 4.78. The third-order valence-electron chi connectivity index (χ3n) is 2.90. The summed E-state index contributed by atoms with van der Waals surface area (Å²) in [7, 11) is 2.89. The van der Waals surface area contributed by atoms with E-state index in [4.69, 9.17) is 4.74 Å². The summed E-state index contributed by atoms with van der Waals surface area (Å²) >= 11 is 0. The molecule has 1 rings (SSSR count). The predicted molar refractivity (Wildman–Crippen MR) is 87.6 cm³/mol. The van der Waals surface area contributed by atoms with Crippen molar-refractivity contribution in [3.05, 3.63) is 35.4 Å². The van der Waals surface area contributed by atoms with Crippen LogP contribution in [0.2, 0.25) is 0 Å². The van der Waals surface area contributed by atoms with Crippen molar-refractivity contribution in [2.24, 2.45) is 5.10 Å². The number of ether oxygens (including phenoxy) is 2. The minimum atomic E-state index is -0.512. The average molecular weight is 335 g/mol. The number of carbonyl (C=O) groups excluding carboxylic acids is 3. The molecule has 0 heterocycles. The van der Waals surface area contributed by atoms with Gasteiger partial charge in [0.1, 0.15) is 6.42 Å². The van der Waals surface area contributed by atoms with Gasteiger partial charge in [0.25, 0.3) is 0 Å². The third-order valence-corrected chi connectivity index (χ3v) is 2.90. The molecule has 130 valence electrons. The maximum absolute atomic E-state index is 11.5. The van der Waals surface area contributed by atoms with Gasteiger partial charge < -0.3 is 14.8 Å². The highest BCUT2D eigenvalue weighted by atomic mass is 16.5. The van der Waals surface area contributed by atoms with E-state index in [1.807, 2.05) is 0 Å². The van der Waals surface area contributed by atoms with Crippen molar-refractivity contribution < 1.29 is 23.9 Å². The normalized spacial score (nSPS) is 10.4. The van der Waals surface area contributed by atoms with E-state index in [-0.39, 0.29) is 12.3 Å². The summed E-state index contributed by atoms with van der Waals surface area (Å²) in [6.07, 6.45) is 1.80. The van der Waals surface area contributed by atoms with Crippen LogP contribution in [0.1, 0.15) is 28.8 Å². The first kappa shape index (κ1) is 19.3. The molecule has 0 aromatic heterocycles. The number of hydrogen-bond donors (Lipinski definition) is 2. The van der Waals surface area contributed by atoms with E-state index in [0.29, 0.717) is 30.7 Å². The van der Waals surface area contributed by atoms with Crippen LogP contribution in [0.3, 0.4) is 0 Å². The first-order chi connectivity index (χ1) is 11.6. The summed E-state index contributed by atoms with van der Waals surface area (Å²) in [4.78, 5) is 34.3. The molecule has 0 radical (unpaired) electrons. The summed E-state index contributed by atoms with van der Waals surface area (Å²) in [6, 6.07) is 6.49. The Morgan fingerprint density at radius 3 is 2.46 bits per heavy atom. The molecule has 0 aliphatic rings. The Labute approximate surface area is 140 Å². The number of amides is 2. The zero-order valence-corrected chi connectivity index (χ0v) is 13.7. The minimum absolute atomic E-state index is 0.300. The lowest BCUT2D eigenvalue weighted by Gasteiger charge is -2.04. The van der Waals surface area contributed by atoms with Crippen LogP contribution in [0.4, 0.5) is 0 Å². The van der Waals surface area contributed by atoms with Crippen LogP contribution in [-0.4, -0.2) is 51.4 Å². The van der Waals surface area contributed by atoms with Crippen molar-refractivity contribution in [2.45, 2.75) is 12.8 Å². The number of hydrogen-bond acceptors (Lipinski definition) is 6. The van der Waals surface area contributed by atoms with Gasteiger partial charge in [0, 0.05) is 20.3 Å². The van der Waals surface area contributed by atoms with Crippen molar-refractivity contribution >= 4 is 24.0 Å². The molecular weight excluding hydrogens is 314 g/mol. The predicted octanol–water partition coefficient (Wildman–Crippen LogP) is 0.466. The van der Waals surface area contributed by atoms with Gasteiger partial charge in [0.05, 0.1) is 18.9 Å².